The molecule has 25 heavy (non-hydrogen) atoms. The number of anilines is 1. The highest BCUT2D eigenvalue weighted by Gasteiger charge is 2.43. The zero-order valence-corrected chi connectivity index (χ0v) is 14.0. The molecule has 0 unspecified atom stereocenters. The Morgan fingerprint density at radius 2 is 2.12 bits per heavy atom. The van der Waals surface area contributed by atoms with Gasteiger partial charge in [0, 0.05) is 13.0 Å². The number of aromatic nitrogens is 4. The summed E-state index contributed by atoms with van der Waals surface area (Å²) in [6.07, 6.45) is 0.513. The van der Waals surface area contributed by atoms with E-state index in [-0.39, 0.29) is 18.2 Å². The largest absolute Gasteiger partial charge is 0.387 e. The Morgan fingerprint density at radius 3 is 2.80 bits per heavy atom. The number of aliphatic hydroxyl groups excluding tert-OH is 2. The Labute approximate surface area is 145 Å². The van der Waals surface area contributed by atoms with E-state index >= 15 is 0 Å². The fraction of sp³-hybridized carbons (Fsp3) is 0.562. The van der Waals surface area contributed by atoms with Gasteiger partial charge >= 0.3 is 0 Å². The van der Waals surface area contributed by atoms with E-state index < -0.39 is 24.5 Å². The maximum atomic E-state index is 10.2. The van der Waals surface area contributed by atoms with Crippen LogP contribution in [0.5, 0.6) is 0 Å². The van der Waals surface area contributed by atoms with E-state index in [1.54, 1.807) is 0 Å². The van der Waals surface area contributed by atoms with Crippen molar-refractivity contribution in [3.05, 3.63) is 12.2 Å². The summed E-state index contributed by atoms with van der Waals surface area (Å²) in [6, 6.07) is 0. The number of nitrogen functional groups attached to an aromatic ring is 1. The highest BCUT2D eigenvalue weighted by molar-refractivity contribution is 5.82. The molecule has 2 aromatic heterocycles. The van der Waals surface area contributed by atoms with Crippen molar-refractivity contribution >= 4 is 17.0 Å². The Morgan fingerprint density at radius 1 is 1.32 bits per heavy atom. The average molecular weight is 346 g/mol. The summed E-state index contributed by atoms with van der Waals surface area (Å²) in [4.78, 5) is 12.7. The molecule has 9 heteroatoms. The topological polar surface area (TPSA) is 145 Å². The van der Waals surface area contributed by atoms with Crippen molar-refractivity contribution in [1.82, 2.24) is 19.5 Å². The molecular formula is C16H22N6O3. The average Bonchev–Trinajstić information content (AvgIpc) is 3.14. The van der Waals surface area contributed by atoms with Crippen LogP contribution in [0.1, 0.15) is 38.2 Å². The Kier molecular flexibility index (Phi) is 5.15. The molecule has 1 aliphatic rings. The summed E-state index contributed by atoms with van der Waals surface area (Å²) in [6.45, 7) is 2.18. The molecule has 2 aromatic rings. The minimum absolute atomic E-state index is 0.0899. The molecule has 3 rings (SSSR count). The lowest BCUT2D eigenvalue weighted by atomic mass is 10.1. The van der Waals surface area contributed by atoms with E-state index in [1.807, 2.05) is 0 Å². The van der Waals surface area contributed by atoms with Crippen LogP contribution in [-0.4, -0.2) is 54.6 Å². The predicted molar refractivity (Wildman–Crippen MR) is 91.1 cm³/mol. The van der Waals surface area contributed by atoms with Crippen molar-refractivity contribution in [3.8, 4) is 11.8 Å². The lowest BCUT2D eigenvalue weighted by molar-refractivity contribution is -0.0322. The van der Waals surface area contributed by atoms with Crippen LogP contribution in [-0.2, 0) is 4.74 Å². The van der Waals surface area contributed by atoms with E-state index in [1.165, 1.54) is 10.9 Å². The predicted octanol–water partition coefficient (Wildman–Crippen LogP) is -0.472. The number of imidazole rings is 1. The third-order valence-corrected chi connectivity index (χ3v) is 4.15. The van der Waals surface area contributed by atoms with E-state index in [2.05, 4.69) is 33.7 Å². The van der Waals surface area contributed by atoms with Gasteiger partial charge in [0.15, 0.2) is 17.7 Å². The molecule has 1 fully saturated rings. The zero-order chi connectivity index (χ0) is 18.0. The Bertz CT molecular complexity index is 811. The SMILES string of the molecule is CCCCC#Cc1nc(N)c2ncn([C@@H]3O[C@H](CN)[C@@H](O)[C@H]3O)c2n1. The number of rotatable bonds is 4. The van der Waals surface area contributed by atoms with Crippen LogP contribution in [0.15, 0.2) is 6.33 Å². The van der Waals surface area contributed by atoms with Gasteiger partial charge in [0.2, 0.25) is 5.82 Å². The Balaban J connectivity index is 1.97. The maximum absolute atomic E-state index is 10.2. The summed E-state index contributed by atoms with van der Waals surface area (Å²) in [5.41, 5.74) is 12.3. The second-order valence-electron chi connectivity index (χ2n) is 5.94. The van der Waals surface area contributed by atoms with Crippen molar-refractivity contribution < 1.29 is 14.9 Å². The maximum Gasteiger partial charge on any atom is 0.208 e. The molecule has 0 saturated carbocycles. The molecule has 0 aromatic carbocycles. The molecule has 9 nitrogen and oxygen atoms in total. The van der Waals surface area contributed by atoms with Crippen molar-refractivity contribution in [1.29, 1.82) is 0 Å². The normalized spacial score (nSPS) is 25.9. The molecule has 0 aliphatic carbocycles. The zero-order valence-electron chi connectivity index (χ0n) is 14.0. The molecule has 0 radical (unpaired) electrons. The quantitative estimate of drug-likeness (QED) is 0.429. The van der Waals surface area contributed by atoms with E-state index in [4.69, 9.17) is 16.2 Å². The van der Waals surface area contributed by atoms with Gasteiger partial charge in [-0.2, -0.15) is 0 Å². The molecular weight excluding hydrogens is 324 g/mol. The van der Waals surface area contributed by atoms with Crippen LogP contribution in [0.2, 0.25) is 0 Å². The first-order valence-electron chi connectivity index (χ1n) is 8.27. The number of nitrogens with two attached hydrogens (primary N) is 2. The molecule has 0 spiro atoms. The van der Waals surface area contributed by atoms with Crippen molar-refractivity contribution in [2.45, 2.75) is 50.7 Å². The summed E-state index contributed by atoms with van der Waals surface area (Å²) in [5, 5.41) is 20.3. The van der Waals surface area contributed by atoms with Crippen molar-refractivity contribution in [3.63, 3.8) is 0 Å². The van der Waals surface area contributed by atoms with Crippen molar-refractivity contribution in [2.24, 2.45) is 5.73 Å². The number of aliphatic hydroxyl groups is 2. The summed E-state index contributed by atoms with van der Waals surface area (Å²) in [5.74, 6) is 6.39. The van der Waals surface area contributed by atoms with Gasteiger partial charge in [-0.05, 0) is 12.3 Å². The first-order valence-corrected chi connectivity index (χ1v) is 8.27. The molecule has 1 saturated heterocycles. The first kappa shape index (κ1) is 17.6. The molecule has 134 valence electrons. The Hall–Kier alpha value is -2.25. The molecule has 0 amide bonds. The fourth-order valence-corrected chi connectivity index (χ4v) is 2.74. The second-order valence-corrected chi connectivity index (χ2v) is 5.94. The number of fused-ring (bicyclic) bond motifs is 1. The lowest BCUT2D eigenvalue weighted by Gasteiger charge is -2.16. The number of ether oxygens (including phenoxy) is 1. The minimum atomic E-state index is -1.15. The van der Waals surface area contributed by atoms with Gasteiger partial charge in [-0.15, -0.1) is 0 Å². The standard InChI is InChI=1S/C16H22N6O3/c1-2-3-4-5-6-10-20-14(18)11-15(21-10)22(8-19-11)16-13(24)12(23)9(7-17)25-16/h8-9,12-13,16,23-24H,2-4,7,17H2,1H3,(H2,18,20,21)/t9-,12-,13-,16-/m1/s1. The van der Waals surface area contributed by atoms with Gasteiger partial charge in [-0.1, -0.05) is 19.3 Å². The smallest absolute Gasteiger partial charge is 0.208 e. The van der Waals surface area contributed by atoms with Crippen LogP contribution in [0.3, 0.4) is 0 Å². The van der Waals surface area contributed by atoms with E-state index in [9.17, 15) is 10.2 Å². The van der Waals surface area contributed by atoms with Gasteiger partial charge in [0.25, 0.3) is 0 Å². The molecule has 4 atom stereocenters. The van der Waals surface area contributed by atoms with Crippen LogP contribution in [0, 0.1) is 11.8 Å². The number of hydrogen-bond donors (Lipinski definition) is 4. The fourth-order valence-electron chi connectivity index (χ4n) is 2.74. The van der Waals surface area contributed by atoms with Gasteiger partial charge in [-0.25, -0.2) is 15.0 Å². The van der Waals surface area contributed by atoms with Crippen molar-refractivity contribution in [2.75, 3.05) is 12.3 Å². The molecule has 0 bridgehead atoms. The second kappa shape index (κ2) is 7.33. The number of nitrogens with zero attached hydrogens (tertiary/aromatic N) is 4. The first-order chi connectivity index (χ1) is 12.1. The third kappa shape index (κ3) is 3.29. The van der Waals surface area contributed by atoms with Gasteiger partial charge in [0.1, 0.15) is 23.8 Å². The van der Waals surface area contributed by atoms with E-state index in [0.717, 1.165) is 19.3 Å². The van der Waals surface area contributed by atoms with Gasteiger partial charge < -0.3 is 26.4 Å². The van der Waals surface area contributed by atoms with Gasteiger partial charge in [-0.3, -0.25) is 4.57 Å². The molecule has 3 heterocycles. The molecule has 1 aliphatic heterocycles. The van der Waals surface area contributed by atoms with Gasteiger partial charge in [0.05, 0.1) is 6.33 Å². The highest BCUT2D eigenvalue weighted by atomic mass is 16.6. The summed E-state index contributed by atoms with van der Waals surface area (Å²) in [7, 11) is 0. The summed E-state index contributed by atoms with van der Waals surface area (Å²) < 4.78 is 7.16. The van der Waals surface area contributed by atoms with Crippen LogP contribution < -0.4 is 11.5 Å². The monoisotopic (exact) mass is 346 g/mol. The van der Waals surface area contributed by atoms with Crippen LogP contribution in [0.4, 0.5) is 5.82 Å². The number of hydrogen-bond acceptors (Lipinski definition) is 8. The van der Waals surface area contributed by atoms with Crippen LogP contribution >= 0.6 is 0 Å². The lowest BCUT2D eigenvalue weighted by Crippen LogP contribution is -2.35. The minimum Gasteiger partial charge on any atom is -0.387 e. The summed E-state index contributed by atoms with van der Waals surface area (Å²) >= 11 is 0. The molecule has 6 N–H and O–H groups in total. The third-order valence-electron chi connectivity index (χ3n) is 4.15. The highest BCUT2D eigenvalue weighted by Crippen LogP contribution is 2.31. The van der Waals surface area contributed by atoms with E-state index in [0.29, 0.717) is 11.2 Å². The van der Waals surface area contributed by atoms with Crippen LogP contribution in [0.25, 0.3) is 11.2 Å². The number of unbranched alkanes of at least 4 members (excludes halogenated alkanes) is 2.